The molecule has 0 atom stereocenters. The Morgan fingerprint density at radius 1 is 1.42 bits per heavy atom. The Morgan fingerprint density at radius 2 is 2.11 bits per heavy atom. The number of likely N-dealkylation sites (N-methyl/N-ethyl adjacent to an activating group) is 1. The molecule has 0 unspecified atom stereocenters. The SMILES string of the molecule is CCN(CC(=O)NC(C)C)C(=O)C1=NNC(=O)CC1. The lowest BCUT2D eigenvalue weighted by Gasteiger charge is -2.22. The minimum absolute atomic E-state index is 0.000476. The highest BCUT2D eigenvalue weighted by atomic mass is 16.2. The molecule has 2 N–H and O–H groups in total. The Bertz CT molecular complexity index is 404. The third kappa shape index (κ3) is 4.69. The molecule has 0 spiro atoms. The van der Waals surface area contributed by atoms with Gasteiger partial charge in [-0.05, 0) is 20.8 Å². The molecule has 0 aromatic carbocycles. The molecule has 1 rings (SSSR count). The van der Waals surface area contributed by atoms with Gasteiger partial charge in [-0.25, -0.2) is 5.43 Å². The van der Waals surface area contributed by atoms with E-state index in [1.165, 1.54) is 4.90 Å². The van der Waals surface area contributed by atoms with E-state index in [4.69, 9.17) is 0 Å². The second kappa shape index (κ2) is 6.86. The average Bonchev–Trinajstić information content (AvgIpc) is 2.35. The van der Waals surface area contributed by atoms with Crippen LogP contribution in [0.4, 0.5) is 0 Å². The van der Waals surface area contributed by atoms with Gasteiger partial charge in [0.25, 0.3) is 5.91 Å². The molecule has 106 valence electrons. The molecule has 0 fully saturated rings. The summed E-state index contributed by atoms with van der Waals surface area (Å²) < 4.78 is 0. The van der Waals surface area contributed by atoms with E-state index in [-0.39, 0.29) is 36.7 Å². The van der Waals surface area contributed by atoms with E-state index in [9.17, 15) is 14.4 Å². The molecule has 1 aliphatic rings. The van der Waals surface area contributed by atoms with Crippen LogP contribution in [0.2, 0.25) is 0 Å². The van der Waals surface area contributed by atoms with E-state index >= 15 is 0 Å². The molecule has 1 aliphatic heterocycles. The molecule has 7 nitrogen and oxygen atoms in total. The maximum atomic E-state index is 12.1. The number of nitrogens with one attached hydrogen (secondary N) is 2. The molecule has 0 saturated carbocycles. The summed E-state index contributed by atoms with van der Waals surface area (Å²) in [7, 11) is 0. The Kier molecular flexibility index (Phi) is 5.47. The van der Waals surface area contributed by atoms with Crippen LogP contribution in [0, 0.1) is 0 Å². The summed E-state index contributed by atoms with van der Waals surface area (Å²) in [4.78, 5) is 36.1. The standard InChI is InChI=1S/C12H20N4O3/c1-4-16(7-11(18)13-8(2)3)12(19)9-5-6-10(17)15-14-9/h8H,4-7H2,1-3H3,(H,13,18)(H,15,17). The molecule has 0 radical (unpaired) electrons. The van der Waals surface area contributed by atoms with Crippen molar-refractivity contribution in [3.63, 3.8) is 0 Å². The lowest BCUT2D eigenvalue weighted by molar-refractivity contribution is -0.131. The van der Waals surface area contributed by atoms with Gasteiger partial charge in [-0.15, -0.1) is 0 Å². The van der Waals surface area contributed by atoms with E-state index in [1.807, 2.05) is 13.8 Å². The highest BCUT2D eigenvalue weighted by Crippen LogP contribution is 2.03. The van der Waals surface area contributed by atoms with Crippen molar-refractivity contribution in [3.8, 4) is 0 Å². The summed E-state index contributed by atoms with van der Waals surface area (Å²) in [5, 5.41) is 6.47. The van der Waals surface area contributed by atoms with E-state index in [0.29, 0.717) is 18.7 Å². The summed E-state index contributed by atoms with van der Waals surface area (Å²) in [6.07, 6.45) is 0.563. The molecule has 0 bridgehead atoms. The number of hydrogen-bond donors (Lipinski definition) is 2. The highest BCUT2D eigenvalue weighted by Gasteiger charge is 2.24. The lowest BCUT2D eigenvalue weighted by Crippen LogP contribution is -2.46. The van der Waals surface area contributed by atoms with Gasteiger partial charge in [0.05, 0.1) is 6.54 Å². The maximum Gasteiger partial charge on any atom is 0.270 e. The van der Waals surface area contributed by atoms with Crippen molar-refractivity contribution in [3.05, 3.63) is 0 Å². The zero-order valence-electron chi connectivity index (χ0n) is 11.5. The Morgan fingerprint density at radius 3 is 2.58 bits per heavy atom. The van der Waals surface area contributed by atoms with E-state index in [0.717, 1.165) is 0 Å². The molecule has 0 saturated heterocycles. The summed E-state index contributed by atoms with van der Waals surface area (Å²) in [6, 6.07) is 0.0348. The third-order valence-corrected chi connectivity index (χ3v) is 2.60. The molecule has 7 heteroatoms. The van der Waals surface area contributed by atoms with Crippen molar-refractivity contribution in [2.24, 2.45) is 5.10 Å². The van der Waals surface area contributed by atoms with Crippen LogP contribution in [0.3, 0.4) is 0 Å². The normalized spacial score (nSPS) is 14.7. The van der Waals surface area contributed by atoms with Gasteiger partial charge in [0.1, 0.15) is 5.71 Å². The number of rotatable bonds is 5. The van der Waals surface area contributed by atoms with Crippen molar-refractivity contribution in [2.75, 3.05) is 13.1 Å². The maximum absolute atomic E-state index is 12.1. The fraction of sp³-hybridized carbons (Fsp3) is 0.667. The van der Waals surface area contributed by atoms with Crippen LogP contribution in [0.1, 0.15) is 33.6 Å². The lowest BCUT2D eigenvalue weighted by atomic mass is 10.1. The minimum atomic E-state index is -0.304. The van der Waals surface area contributed by atoms with Crippen molar-refractivity contribution >= 4 is 23.4 Å². The predicted octanol–water partition coefficient (Wildman–Crippen LogP) is -0.374. The third-order valence-electron chi connectivity index (χ3n) is 2.60. The molecular formula is C12H20N4O3. The fourth-order valence-electron chi connectivity index (χ4n) is 1.68. The van der Waals surface area contributed by atoms with Gasteiger partial charge in [0.15, 0.2) is 0 Å². The molecule has 0 aromatic heterocycles. The average molecular weight is 268 g/mol. The molecule has 0 aromatic rings. The second-order valence-electron chi connectivity index (χ2n) is 4.64. The first kappa shape index (κ1) is 15.1. The number of amides is 3. The van der Waals surface area contributed by atoms with E-state index in [2.05, 4.69) is 15.8 Å². The monoisotopic (exact) mass is 268 g/mol. The minimum Gasteiger partial charge on any atom is -0.352 e. The topological polar surface area (TPSA) is 90.9 Å². The van der Waals surface area contributed by atoms with Crippen LogP contribution in [-0.4, -0.2) is 47.5 Å². The zero-order chi connectivity index (χ0) is 14.4. The van der Waals surface area contributed by atoms with Crippen LogP contribution in [0.15, 0.2) is 5.10 Å². The fourth-order valence-corrected chi connectivity index (χ4v) is 1.68. The van der Waals surface area contributed by atoms with Crippen molar-refractivity contribution in [2.45, 2.75) is 39.7 Å². The number of hydrogen-bond acceptors (Lipinski definition) is 4. The second-order valence-corrected chi connectivity index (χ2v) is 4.64. The van der Waals surface area contributed by atoms with Gasteiger partial charge in [0, 0.05) is 25.4 Å². The number of carbonyl (C=O) groups is 3. The van der Waals surface area contributed by atoms with Gasteiger partial charge in [0.2, 0.25) is 11.8 Å². The van der Waals surface area contributed by atoms with Gasteiger partial charge in [-0.3, -0.25) is 14.4 Å². The van der Waals surface area contributed by atoms with Gasteiger partial charge < -0.3 is 10.2 Å². The molecule has 19 heavy (non-hydrogen) atoms. The van der Waals surface area contributed by atoms with Gasteiger partial charge >= 0.3 is 0 Å². The Labute approximate surface area is 112 Å². The van der Waals surface area contributed by atoms with Crippen LogP contribution in [0.5, 0.6) is 0 Å². The highest BCUT2D eigenvalue weighted by molar-refractivity contribution is 6.39. The summed E-state index contributed by atoms with van der Waals surface area (Å²) in [5.41, 5.74) is 2.57. The number of nitrogens with zero attached hydrogens (tertiary/aromatic N) is 2. The predicted molar refractivity (Wildman–Crippen MR) is 70.3 cm³/mol. The van der Waals surface area contributed by atoms with Crippen LogP contribution in [0.25, 0.3) is 0 Å². The van der Waals surface area contributed by atoms with Gasteiger partial charge in [-0.2, -0.15) is 5.10 Å². The first-order valence-corrected chi connectivity index (χ1v) is 6.38. The Balaban J connectivity index is 2.61. The number of carbonyl (C=O) groups excluding carboxylic acids is 3. The summed E-state index contributed by atoms with van der Waals surface area (Å²) >= 11 is 0. The van der Waals surface area contributed by atoms with E-state index < -0.39 is 0 Å². The molecule has 0 aliphatic carbocycles. The summed E-state index contributed by atoms with van der Waals surface area (Å²) in [5.74, 6) is -0.704. The van der Waals surface area contributed by atoms with Crippen molar-refractivity contribution in [1.82, 2.24) is 15.6 Å². The van der Waals surface area contributed by atoms with Gasteiger partial charge in [-0.1, -0.05) is 0 Å². The van der Waals surface area contributed by atoms with Crippen LogP contribution in [-0.2, 0) is 14.4 Å². The molecular weight excluding hydrogens is 248 g/mol. The quantitative estimate of drug-likeness (QED) is 0.712. The van der Waals surface area contributed by atoms with Crippen LogP contribution >= 0.6 is 0 Å². The first-order valence-electron chi connectivity index (χ1n) is 6.38. The number of hydrazone groups is 1. The summed E-state index contributed by atoms with van der Waals surface area (Å²) in [6.45, 7) is 5.92. The molecule has 3 amide bonds. The van der Waals surface area contributed by atoms with Crippen LogP contribution < -0.4 is 10.7 Å². The first-order chi connectivity index (χ1) is 8.93. The van der Waals surface area contributed by atoms with E-state index in [1.54, 1.807) is 6.92 Å². The van der Waals surface area contributed by atoms with Crippen molar-refractivity contribution < 1.29 is 14.4 Å². The largest absolute Gasteiger partial charge is 0.352 e. The zero-order valence-corrected chi connectivity index (χ0v) is 11.5. The Hall–Kier alpha value is -1.92. The smallest absolute Gasteiger partial charge is 0.270 e. The van der Waals surface area contributed by atoms with Crippen molar-refractivity contribution in [1.29, 1.82) is 0 Å². The molecule has 1 heterocycles.